The monoisotopic (exact) mass is 448 g/mol. The average Bonchev–Trinajstić information content (AvgIpc) is 3.12. The van der Waals surface area contributed by atoms with Crippen molar-refractivity contribution in [2.24, 2.45) is 11.7 Å². The zero-order valence-electron chi connectivity index (χ0n) is 18.2. The molecule has 2 amide bonds. The van der Waals surface area contributed by atoms with Crippen molar-refractivity contribution >= 4 is 40.4 Å². The summed E-state index contributed by atoms with van der Waals surface area (Å²) in [4.78, 5) is 40.1. The summed E-state index contributed by atoms with van der Waals surface area (Å²) in [5.74, 6) is -1.31. The molecule has 170 valence electrons. The van der Waals surface area contributed by atoms with Crippen LogP contribution in [0, 0.1) is 5.92 Å². The first kappa shape index (κ1) is 24.7. The van der Waals surface area contributed by atoms with Gasteiger partial charge in [-0.2, -0.15) is 11.8 Å². The maximum absolute atomic E-state index is 12.8. The second-order valence-electron chi connectivity index (χ2n) is 8.04. The largest absolute Gasteiger partial charge is 0.480 e. The van der Waals surface area contributed by atoms with E-state index >= 15 is 0 Å². The number of para-hydroxylation sites is 1. The standard InChI is InChI=1S/C22H32N4O4S/c1-13(2)10-19(21(28)25-18(22(29)30)8-9-31-3)26-20(27)16(23)11-14-12-24-17-7-5-4-6-15(14)17/h4-7,12-13,16,18-19,24H,8-11,23H2,1-3H3,(H,25,28)(H,26,27)(H,29,30). The maximum Gasteiger partial charge on any atom is 0.326 e. The van der Waals surface area contributed by atoms with Crippen LogP contribution in [0.1, 0.15) is 32.3 Å². The summed E-state index contributed by atoms with van der Waals surface area (Å²) in [6.07, 6.45) is 4.71. The van der Waals surface area contributed by atoms with E-state index in [1.165, 1.54) is 11.8 Å². The molecular weight excluding hydrogens is 416 g/mol. The minimum Gasteiger partial charge on any atom is -0.480 e. The van der Waals surface area contributed by atoms with Crippen LogP contribution in [0.4, 0.5) is 0 Å². The van der Waals surface area contributed by atoms with Gasteiger partial charge >= 0.3 is 5.97 Å². The molecule has 0 bridgehead atoms. The minimum absolute atomic E-state index is 0.121. The number of carbonyl (C=O) groups excluding carboxylic acids is 2. The number of fused-ring (bicyclic) bond motifs is 1. The topological polar surface area (TPSA) is 137 Å². The van der Waals surface area contributed by atoms with Gasteiger partial charge in [0.15, 0.2) is 0 Å². The number of carboxylic acids is 1. The van der Waals surface area contributed by atoms with E-state index in [0.717, 1.165) is 16.5 Å². The van der Waals surface area contributed by atoms with Crippen LogP contribution in [-0.2, 0) is 20.8 Å². The number of amides is 2. The van der Waals surface area contributed by atoms with Gasteiger partial charge in [0.2, 0.25) is 11.8 Å². The van der Waals surface area contributed by atoms with Gasteiger partial charge in [-0.05, 0) is 48.8 Å². The Hall–Kier alpha value is -2.52. The first-order valence-corrected chi connectivity index (χ1v) is 11.7. The van der Waals surface area contributed by atoms with Crippen molar-refractivity contribution in [2.75, 3.05) is 12.0 Å². The Kier molecular flexibility index (Phi) is 9.39. The number of nitrogens with one attached hydrogen (secondary N) is 3. The Labute approximate surface area is 186 Å². The van der Waals surface area contributed by atoms with Crippen LogP contribution in [-0.4, -0.2) is 58.0 Å². The number of aromatic amines is 1. The highest BCUT2D eigenvalue weighted by atomic mass is 32.2. The van der Waals surface area contributed by atoms with Crippen molar-refractivity contribution < 1.29 is 19.5 Å². The highest BCUT2D eigenvalue weighted by Gasteiger charge is 2.28. The molecule has 9 heteroatoms. The van der Waals surface area contributed by atoms with Crippen molar-refractivity contribution in [1.29, 1.82) is 0 Å². The molecule has 8 nitrogen and oxygen atoms in total. The smallest absolute Gasteiger partial charge is 0.326 e. The molecule has 0 aliphatic heterocycles. The van der Waals surface area contributed by atoms with Crippen LogP contribution in [0.2, 0.25) is 0 Å². The van der Waals surface area contributed by atoms with Gasteiger partial charge in [0.05, 0.1) is 6.04 Å². The Morgan fingerprint density at radius 1 is 1.13 bits per heavy atom. The summed E-state index contributed by atoms with van der Waals surface area (Å²) in [6.45, 7) is 3.86. The lowest BCUT2D eigenvalue weighted by Crippen LogP contribution is -2.55. The first-order valence-electron chi connectivity index (χ1n) is 10.4. The summed E-state index contributed by atoms with van der Waals surface area (Å²) < 4.78 is 0. The summed E-state index contributed by atoms with van der Waals surface area (Å²) >= 11 is 1.51. The van der Waals surface area contributed by atoms with Crippen LogP contribution >= 0.6 is 11.8 Å². The van der Waals surface area contributed by atoms with Crippen molar-refractivity contribution in [3.63, 3.8) is 0 Å². The number of benzene rings is 1. The molecule has 1 aromatic carbocycles. The molecule has 0 fully saturated rings. The molecular formula is C22H32N4O4S. The lowest BCUT2D eigenvalue weighted by molar-refractivity contribution is -0.142. The van der Waals surface area contributed by atoms with Gasteiger partial charge in [-0.15, -0.1) is 0 Å². The van der Waals surface area contributed by atoms with Gasteiger partial charge in [0.1, 0.15) is 12.1 Å². The zero-order chi connectivity index (χ0) is 23.0. The molecule has 0 spiro atoms. The third kappa shape index (κ3) is 7.29. The molecule has 0 saturated carbocycles. The predicted octanol–water partition coefficient (Wildman–Crippen LogP) is 1.89. The lowest BCUT2D eigenvalue weighted by Gasteiger charge is -2.24. The van der Waals surface area contributed by atoms with E-state index in [1.807, 2.05) is 50.6 Å². The Bertz CT molecular complexity index is 899. The quantitative estimate of drug-likeness (QED) is 0.336. The molecule has 2 rings (SSSR count). The number of aromatic nitrogens is 1. The fraction of sp³-hybridized carbons (Fsp3) is 0.500. The molecule has 2 aromatic rings. The molecule has 6 N–H and O–H groups in total. The van der Waals surface area contributed by atoms with Crippen molar-refractivity contribution in [2.45, 2.75) is 51.2 Å². The van der Waals surface area contributed by atoms with Gasteiger partial charge in [-0.25, -0.2) is 4.79 Å². The molecule has 1 heterocycles. The van der Waals surface area contributed by atoms with E-state index in [1.54, 1.807) is 0 Å². The number of hydrogen-bond donors (Lipinski definition) is 5. The summed E-state index contributed by atoms with van der Waals surface area (Å²) in [5, 5.41) is 15.7. The first-order chi connectivity index (χ1) is 14.7. The maximum atomic E-state index is 12.8. The molecule has 0 radical (unpaired) electrons. The van der Waals surface area contributed by atoms with Gasteiger partial charge in [0, 0.05) is 17.1 Å². The van der Waals surface area contributed by atoms with Crippen molar-refractivity contribution in [3.8, 4) is 0 Å². The lowest BCUT2D eigenvalue weighted by atomic mass is 10.0. The van der Waals surface area contributed by atoms with Crippen LogP contribution in [0.15, 0.2) is 30.5 Å². The van der Waals surface area contributed by atoms with E-state index in [2.05, 4.69) is 15.6 Å². The van der Waals surface area contributed by atoms with Gasteiger partial charge in [-0.1, -0.05) is 32.0 Å². The van der Waals surface area contributed by atoms with Crippen LogP contribution in [0.5, 0.6) is 0 Å². The number of aliphatic carboxylic acids is 1. The van der Waals surface area contributed by atoms with E-state index in [9.17, 15) is 19.5 Å². The third-order valence-electron chi connectivity index (χ3n) is 5.02. The number of rotatable bonds is 12. The van der Waals surface area contributed by atoms with Crippen molar-refractivity contribution in [1.82, 2.24) is 15.6 Å². The van der Waals surface area contributed by atoms with E-state index < -0.39 is 35.9 Å². The highest BCUT2D eigenvalue weighted by Crippen LogP contribution is 2.19. The summed E-state index contributed by atoms with van der Waals surface area (Å²) in [6, 6.07) is 5.07. The average molecular weight is 449 g/mol. The van der Waals surface area contributed by atoms with Gasteiger partial charge in [0.25, 0.3) is 0 Å². The van der Waals surface area contributed by atoms with E-state index in [4.69, 9.17) is 5.73 Å². The van der Waals surface area contributed by atoms with Gasteiger partial charge < -0.3 is 26.5 Å². The second kappa shape index (κ2) is 11.8. The molecule has 0 aliphatic rings. The van der Waals surface area contributed by atoms with Gasteiger partial charge in [-0.3, -0.25) is 9.59 Å². The minimum atomic E-state index is -1.09. The van der Waals surface area contributed by atoms with Crippen molar-refractivity contribution in [3.05, 3.63) is 36.0 Å². The Morgan fingerprint density at radius 3 is 2.45 bits per heavy atom. The number of hydrogen-bond acceptors (Lipinski definition) is 5. The highest BCUT2D eigenvalue weighted by molar-refractivity contribution is 7.98. The predicted molar refractivity (Wildman–Crippen MR) is 124 cm³/mol. The third-order valence-corrected chi connectivity index (χ3v) is 5.66. The number of H-pyrrole nitrogens is 1. The summed E-state index contributed by atoms with van der Waals surface area (Å²) in [7, 11) is 0. The summed E-state index contributed by atoms with van der Waals surface area (Å²) in [5.41, 5.74) is 8.03. The fourth-order valence-electron chi connectivity index (χ4n) is 3.38. The number of thioether (sulfide) groups is 1. The SMILES string of the molecule is CSCCC(NC(=O)C(CC(C)C)NC(=O)C(N)Cc1c[nH]c2ccccc12)C(=O)O. The van der Waals surface area contributed by atoms with Crippen LogP contribution < -0.4 is 16.4 Å². The van der Waals surface area contributed by atoms with Crippen LogP contribution in [0.25, 0.3) is 10.9 Å². The molecule has 31 heavy (non-hydrogen) atoms. The number of carbonyl (C=O) groups is 3. The molecule has 0 saturated heterocycles. The molecule has 3 atom stereocenters. The fourth-order valence-corrected chi connectivity index (χ4v) is 3.85. The van der Waals surface area contributed by atoms with E-state index in [0.29, 0.717) is 25.0 Å². The number of nitrogens with two attached hydrogens (primary N) is 1. The molecule has 0 aliphatic carbocycles. The Balaban J connectivity index is 2.05. The number of carboxylic acid groups (broad SMARTS) is 1. The molecule has 3 unspecified atom stereocenters. The zero-order valence-corrected chi connectivity index (χ0v) is 19.0. The van der Waals surface area contributed by atoms with Crippen LogP contribution in [0.3, 0.4) is 0 Å². The molecule has 1 aromatic heterocycles. The second-order valence-corrected chi connectivity index (χ2v) is 9.03. The van der Waals surface area contributed by atoms with E-state index in [-0.39, 0.29) is 5.92 Å². The normalized spacial score (nSPS) is 14.2. The Morgan fingerprint density at radius 2 is 1.81 bits per heavy atom.